The van der Waals surface area contributed by atoms with Gasteiger partial charge in [-0.3, -0.25) is 14.6 Å². The molecule has 0 aliphatic carbocycles. The number of rotatable bonds is 7. The average molecular weight is 317 g/mol. The molecule has 7 heteroatoms. The number of aliphatic carboxylic acids is 1. The number of nitrogens with zero attached hydrogens (tertiary/aromatic N) is 3. The minimum absolute atomic E-state index is 0.0268. The van der Waals surface area contributed by atoms with Gasteiger partial charge in [0, 0.05) is 31.0 Å². The standard InChI is InChI=1S/C16H19N3O4/c1-18(7-5-16(22)23)10-13-8-14(20)15(21)11-19(13)9-12-4-2-3-6-17-12/h2-4,6,8,11,21H,5,7,9-10H2,1H3,(H,22,23). The Bertz CT molecular complexity index is 728. The summed E-state index contributed by atoms with van der Waals surface area (Å²) >= 11 is 0. The molecule has 2 heterocycles. The molecular weight excluding hydrogens is 298 g/mol. The zero-order chi connectivity index (χ0) is 16.8. The molecule has 0 aliphatic heterocycles. The van der Waals surface area contributed by atoms with Crippen LogP contribution in [0.3, 0.4) is 0 Å². The molecule has 2 aromatic heterocycles. The number of pyridine rings is 2. The molecule has 0 saturated heterocycles. The maximum absolute atomic E-state index is 11.7. The van der Waals surface area contributed by atoms with Crippen LogP contribution in [0.5, 0.6) is 5.75 Å². The number of hydrogen-bond donors (Lipinski definition) is 2. The maximum Gasteiger partial charge on any atom is 0.304 e. The molecule has 0 aliphatic rings. The molecule has 0 fully saturated rings. The van der Waals surface area contributed by atoms with Gasteiger partial charge in [0.15, 0.2) is 5.75 Å². The Morgan fingerprint density at radius 3 is 2.83 bits per heavy atom. The molecule has 2 aromatic rings. The number of carbonyl (C=O) groups is 1. The summed E-state index contributed by atoms with van der Waals surface area (Å²) < 4.78 is 1.75. The molecule has 2 rings (SSSR count). The number of carboxylic acid groups (broad SMARTS) is 1. The van der Waals surface area contributed by atoms with Crippen molar-refractivity contribution in [2.24, 2.45) is 0 Å². The fraction of sp³-hybridized carbons (Fsp3) is 0.312. The first-order valence-corrected chi connectivity index (χ1v) is 7.18. The molecule has 122 valence electrons. The number of aromatic hydroxyl groups is 1. The molecule has 0 unspecified atom stereocenters. The molecule has 0 radical (unpaired) electrons. The van der Waals surface area contributed by atoms with Crippen LogP contribution in [-0.4, -0.2) is 44.2 Å². The van der Waals surface area contributed by atoms with E-state index < -0.39 is 11.4 Å². The summed E-state index contributed by atoms with van der Waals surface area (Å²) in [5.74, 6) is -1.19. The van der Waals surface area contributed by atoms with Crippen LogP contribution in [0.4, 0.5) is 0 Å². The summed E-state index contributed by atoms with van der Waals surface area (Å²) in [5, 5.41) is 18.4. The van der Waals surface area contributed by atoms with Crippen molar-refractivity contribution in [1.29, 1.82) is 0 Å². The van der Waals surface area contributed by atoms with Crippen LogP contribution in [-0.2, 0) is 17.9 Å². The SMILES string of the molecule is CN(CCC(=O)O)Cc1cc(=O)c(O)cn1Cc1ccccn1. The normalized spacial score (nSPS) is 10.9. The second-order valence-electron chi connectivity index (χ2n) is 5.34. The van der Waals surface area contributed by atoms with E-state index in [2.05, 4.69) is 4.98 Å². The molecule has 2 N–H and O–H groups in total. The van der Waals surface area contributed by atoms with Gasteiger partial charge in [0.2, 0.25) is 5.43 Å². The van der Waals surface area contributed by atoms with E-state index in [-0.39, 0.29) is 12.2 Å². The van der Waals surface area contributed by atoms with Crippen LogP contribution in [0.1, 0.15) is 17.8 Å². The van der Waals surface area contributed by atoms with Gasteiger partial charge in [0.1, 0.15) is 0 Å². The van der Waals surface area contributed by atoms with Gasteiger partial charge in [-0.2, -0.15) is 0 Å². The van der Waals surface area contributed by atoms with Gasteiger partial charge in [-0.05, 0) is 19.2 Å². The van der Waals surface area contributed by atoms with Crippen LogP contribution in [0.2, 0.25) is 0 Å². The van der Waals surface area contributed by atoms with Crippen molar-refractivity contribution < 1.29 is 15.0 Å². The third-order valence-corrected chi connectivity index (χ3v) is 3.39. The smallest absolute Gasteiger partial charge is 0.304 e. The van der Waals surface area contributed by atoms with Crippen molar-refractivity contribution in [2.45, 2.75) is 19.5 Å². The van der Waals surface area contributed by atoms with Crippen LogP contribution in [0.15, 0.2) is 41.5 Å². The highest BCUT2D eigenvalue weighted by Crippen LogP contribution is 2.10. The second-order valence-corrected chi connectivity index (χ2v) is 5.34. The van der Waals surface area contributed by atoms with Crippen molar-refractivity contribution in [1.82, 2.24) is 14.5 Å². The largest absolute Gasteiger partial charge is 0.503 e. The highest BCUT2D eigenvalue weighted by atomic mass is 16.4. The van der Waals surface area contributed by atoms with Crippen LogP contribution in [0.25, 0.3) is 0 Å². The van der Waals surface area contributed by atoms with E-state index >= 15 is 0 Å². The fourth-order valence-electron chi connectivity index (χ4n) is 2.19. The molecule has 0 amide bonds. The topological polar surface area (TPSA) is 95.7 Å². The van der Waals surface area contributed by atoms with Gasteiger partial charge < -0.3 is 19.7 Å². The van der Waals surface area contributed by atoms with Crippen molar-refractivity contribution in [3.05, 3.63) is 58.3 Å². The van der Waals surface area contributed by atoms with E-state index in [1.54, 1.807) is 17.8 Å². The third-order valence-electron chi connectivity index (χ3n) is 3.39. The predicted octanol–water partition coefficient (Wildman–Crippen LogP) is 0.904. The summed E-state index contributed by atoms with van der Waals surface area (Å²) in [4.78, 5) is 28.4. The summed E-state index contributed by atoms with van der Waals surface area (Å²) in [6, 6.07) is 6.90. The maximum atomic E-state index is 11.7. The minimum atomic E-state index is -0.867. The Balaban J connectivity index is 2.21. The Kier molecular flexibility index (Phi) is 5.48. The lowest BCUT2D eigenvalue weighted by molar-refractivity contribution is -0.137. The van der Waals surface area contributed by atoms with Crippen LogP contribution in [0, 0.1) is 0 Å². The van der Waals surface area contributed by atoms with E-state index in [0.29, 0.717) is 25.3 Å². The first kappa shape index (κ1) is 16.7. The lowest BCUT2D eigenvalue weighted by atomic mass is 10.2. The van der Waals surface area contributed by atoms with Gasteiger partial charge in [0.25, 0.3) is 0 Å². The lowest BCUT2D eigenvalue weighted by Crippen LogP contribution is -2.25. The molecular formula is C16H19N3O4. The Morgan fingerprint density at radius 2 is 2.17 bits per heavy atom. The number of hydrogen-bond acceptors (Lipinski definition) is 5. The van der Waals surface area contributed by atoms with Gasteiger partial charge >= 0.3 is 5.97 Å². The lowest BCUT2D eigenvalue weighted by Gasteiger charge is -2.19. The van der Waals surface area contributed by atoms with E-state index in [1.165, 1.54) is 12.3 Å². The first-order valence-electron chi connectivity index (χ1n) is 7.18. The second kappa shape index (κ2) is 7.55. The molecule has 0 saturated carbocycles. The van der Waals surface area contributed by atoms with Crippen LogP contribution < -0.4 is 5.43 Å². The average Bonchev–Trinajstić information content (AvgIpc) is 2.51. The first-order chi connectivity index (χ1) is 11.0. The molecule has 23 heavy (non-hydrogen) atoms. The highest BCUT2D eigenvalue weighted by molar-refractivity contribution is 5.66. The highest BCUT2D eigenvalue weighted by Gasteiger charge is 2.10. The molecule has 7 nitrogen and oxygen atoms in total. The molecule has 0 bridgehead atoms. The van der Waals surface area contributed by atoms with E-state index in [0.717, 1.165) is 5.69 Å². The summed E-state index contributed by atoms with van der Waals surface area (Å²) in [6.45, 7) is 1.18. The number of carboxylic acids is 1. The monoisotopic (exact) mass is 317 g/mol. The molecule has 0 atom stereocenters. The molecule has 0 aromatic carbocycles. The fourth-order valence-corrected chi connectivity index (χ4v) is 2.19. The summed E-state index contributed by atoms with van der Waals surface area (Å²) in [5.41, 5.74) is 1.03. The summed E-state index contributed by atoms with van der Waals surface area (Å²) in [6.07, 6.45) is 3.09. The van der Waals surface area contributed by atoms with Crippen LogP contribution >= 0.6 is 0 Å². The Hall–Kier alpha value is -2.67. The van der Waals surface area contributed by atoms with Gasteiger partial charge in [0.05, 0.1) is 24.9 Å². The zero-order valence-electron chi connectivity index (χ0n) is 12.8. The van der Waals surface area contributed by atoms with Gasteiger partial charge in [-0.15, -0.1) is 0 Å². The third kappa shape index (κ3) is 4.93. The summed E-state index contributed by atoms with van der Waals surface area (Å²) in [7, 11) is 1.78. The number of aromatic nitrogens is 2. The van der Waals surface area contributed by atoms with Crippen molar-refractivity contribution in [2.75, 3.05) is 13.6 Å². The van der Waals surface area contributed by atoms with E-state index in [1.807, 2.05) is 23.1 Å². The quantitative estimate of drug-likeness (QED) is 0.788. The Labute approximate surface area is 133 Å². The zero-order valence-corrected chi connectivity index (χ0v) is 12.8. The van der Waals surface area contributed by atoms with Crippen molar-refractivity contribution in [3.63, 3.8) is 0 Å². The Morgan fingerprint density at radius 1 is 1.39 bits per heavy atom. The van der Waals surface area contributed by atoms with E-state index in [9.17, 15) is 14.7 Å². The van der Waals surface area contributed by atoms with Crippen molar-refractivity contribution in [3.8, 4) is 5.75 Å². The van der Waals surface area contributed by atoms with E-state index in [4.69, 9.17) is 5.11 Å². The minimum Gasteiger partial charge on any atom is -0.503 e. The van der Waals surface area contributed by atoms with Crippen molar-refractivity contribution >= 4 is 5.97 Å². The van der Waals surface area contributed by atoms with Gasteiger partial charge in [-0.1, -0.05) is 6.07 Å². The molecule has 0 spiro atoms. The van der Waals surface area contributed by atoms with Gasteiger partial charge in [-0.25, -0.2) is 0 Å². The predicted molar refractivity (Wildman–Crippen MR) is 84.3 cm³/mol.